The topological polar surface area (TPSA) is 29.5 Å². The maximum atomic E-state index is 12.8. The number of ether oxygens (including phenoxy) is 1. The number of halogens is 2. The first kappa shape index (κ1) is 16.0. The SMILES string of the molecule is C[C@H](Oc1ccc(F)cc1)C(=O)N(C)Cc1cc(Br)cs1. The highest BCUT2D eigenvalue weighted by atomic mass is 79.9. The van der Waals surface area contributed by atoms with Gasteiger partial charge in [-0.05, 0) is 53.2 Å². The molecule has 1 heterocycles. The molecule has 0 fully saturated rings. The molecule has 0 aliphatic heterocycles. The highest BCUT2D eigenvalue weighted by Gasteiger charge is 2.19. The van der Waals surface area contributed by atoms with Crippen molar-refractivity contribution in [1.29, 1.82) is 0 Å². The van der Waals surface area contributed by atoms with Crippen molar-refractivity contribution in [2.24, 2.45) is 0 Å². The molecule has 0 saturated heterocycles. The average Bonchev–Trinajstić information content (AvgIpc) is 2.85. The third-order valence-corrected chi connectivity index (χ3v) is 4.55. The lowest BCUT2D eigenvalue weighted by atomic mass is 10.3. The fraction of sp³-hybridized carbons (Fsp3) is 0.267. The summed E-state index contributed by atoms with van der Waals surface area (Å²) in [5.41, 5.74) is 0. The van der Waals surface area contributed by atoms with Crippen LogP contribution in [-0.4, -0.2) is 24.0 Å². The standard InChI is InChI=1S/C15H15BrFNO2S/c1-10(20-13-5-3-12(17)4-6-13)15(19)18(2)8-14-7-11(16)9-21-14/h3-7,9-10H,8H2,1-2H3/t10-/m0/s1. The molecule has 0 saturated carbocycles. The second-order valence-corrected chi connectivity index (χ2v) is 6.55. The molecule has 0 spiro atoms. The van der Waals surface area contributed by atoms with E-state index in [0.29, 0.717) is 12.3 Å². The van der Waals surface area contributed by atoms with Crippen LogP contribution in [0.2, 0.25) is 0 Å². The van der Waals surface area contributed by atoms with E-state index in [0.717, 1.165) is 9.35 Å². The molecule has 3 nitrogen and oxygen atoms in total. The molecule has 6 heteroatoms. The predicted octanol–water partition coefficient (Wildman–Crippen LogP) is 4.08. The Hall–Kier alpha value is -1.40. The summed E-state index contributed by atoms with van der Waals surface area (Å²) in [6.45, 7) is 2.22. The molecule has 0 radical (unpaired) electrons. The molecule has 0 aliphatic rings. The van der Waals surface area contributed by atoms with Crippen LogP contribution in [-0.2, 0) is 11.3 Å². The van der Waals surface area contributed by atoms with Crippen molar-refractivity contribution in [2.45, 2.75) is 19.6 Å². The Labute approximate surface area is 135 Å². The smallest absolute Gasteiger partial charge is 0.263 e. The number of hydrogen-bond acceptors (Lipinski definition) is 3. The Morgan fingerprint density at radius 2 is 2.10 bits per heavy atom. The first-order valence-corrected chi connectivity index (χ1v) is 8.03. The van der Waals surface area contributed by atoms with Crippen molar-refractivity contribution in [3.05, 3.63) is 50.9 Å². The molecule has 0 unspecified atom stereocenters. The van der Waals surface area contributed by atoms with Gasteiger partial charge >= 0.3 is 0 Å². The van der Waals surface area contributed by atoms with Crippen LogP contribution in [0.3, 0.4) is 0 Å². The van der Waals surface area contributed by atoms with Gasteiger partial charge in [-0.25, -0.2) is 4.39 Å². The molecule has 1 aromatic carbocycles. The molecule has 21 heavy (non-hydrogen) atoms. The van der Waals surface area contributed by atoms with Crippen LogP contribution in [0.1, 0.15) is 11.8 Å². The molecular formula is C15H15BrFNO2S. The minimum absolute atomic E-state index is 0.121. The van der Waals surface area contributed by atoms with E-state index in [1.165, 1.54) is 24.3 Å². The van der Waals surface area contributed by atoms with Crippen molar-refractivity contribution in [2.75, 3.05) is 7.05 Å². The minimum atomic E-state index is -0.621. The summed E-state index contributed by atoms with van der Waals surface area (Å²) in [5, 5.41) is 1.98. The van der Waals surface area contributed by atoms with Crippen LogP contribution in [0.5, 0.6) is 5.75 Å². The summed E-state index contributed by atoms with van der Waals surface area (Å²) in [7, 11) is 1.74. The quantitative estimate of drug-likeness (QED) is 0.792. The molecule has 1 amide bonds. The largest absolute Gasteiger partial charge is 0.481 e. The van der Waals surface area contributed by atoms with Gasteiger partial charge in [0.05, 0.1) is 6.54 Å². The van der Waals surface area contributed by atoms with Crippen molar-refractivity contribution in [1.82, 2.24) is 4.90 Å². The van der Waals surface area contributed by atoms with Gasteiger partial charge in [0.15, 0.2) is 6.10 Å². The van der Waals surface area contributed by atoms with Gasteiger partial charge in [0.25, 0.3) is 5.91 Å². The monoisotopic (exact) mass is 371 g/mol. The first-order chi connectivity index (χ1) is 9.95. The highest BCUT2D eigenvalue weighted by molar-refractivity contribution is 9.10. The minimum Gasteiger partial charge on any atom is -0.481 e. The van der Waals surface area contributed by atoms with Crippen LogP contribution in [0.15, 0.2) is 40.2 Å². The Balaban J connectivity index is 1.93. The lowest BCUT2D eigenvalue weighted by molar-refractivity contribution is -0.137. The van der Waals surface area contributed by atoms with Gasteiger partial charge < -0.3 is 9.64 Å². The fourth-order valence-corrected chi connectivity index (χ4v) is 3.33. The van der Waals surface area contributed by atoms with Gasteiger partial charge in [-0.1, -0.05) is 0 Å². The summed E-state index contributed by atoms with van der Waals surface area (Å²) < 4.78 is 19.4. The summed E-state index contributed by atoms with van der Waals surface area (Å²) in [6.07, 6.45) is -0.621. The van der Waals surface area contributed by atoms with Crippen LogP contribution in [0.4, 0.5) is 4.39 Å². The zero-order valence-electron chi connectivity index (χ0n) is 11.7. The number of carbonyl (C=O) groups is 1. The Morgan fingerprint density at radius 3 is 2.67 bits per heavy atom. The average molecular weight is 372 g/mol. The lowest BCUT2D eigenvalue weighted by Crippen LogP contribution is -2.37. The van der Waals surface area contributed by atoms with Gasteiger partial charge in [0.1, 0.15) is 11.6 Å². The number of carbonyl (C=O) groups excluding carboxylic acids is 1. The number of rotatable bonds is 5. The maximum Gasteiger partial charge on any atom is 0.263 e. The number of benzene rings is 1. The summed E-state index contributed by atoms with van der Waals surface area (Å²) in [5.74, 6) is 0.0232. The Kier molecular flexibility index (Phi) is 5.36. The Morgan fingerprint density at radius 1 is 1.43 bits per heavy atom. The van der Waals surface area contributed by atoms with Gasteiger partial charge in [0.2, 0.25) is 0 Å². The van der Waals surface area contributed by atoms with Crippen molar-refractivity contribution >= 4 is 33.2 Å². The van der Waals surface area contributed by atoms with E-state index in [1.54, 1.807) is 30.2 Å². The van der Waals surface area contributed by atoms with Gasteiger partial charge in [-0.15, -0.1) is 11.3 Å². The van der Waals surface area contributed by atoms with E-state index >= 15 is 0 Å². The first-order valence-electron chi connectivity index (χ1n) is 6.36. The van der Waals surface area contributed by atoms with Crippen molar-refractivity contribution in [3.63, 3.8) is 0 Å². The zero-order valence-corrected chi connectivity index (χ0v) is 14.1. The van der Waals surface area contributed by atoms with Crippen LogP contribution >= 0.6 is 27.3 Å². The number of nitrogens with zero attached hydrogens (tertiary/aromatic N) is 1. The summed E-state index contributed by atoms with van der Waals surface area (Å²) in [6, 6.07) is 7.61. The second kappa shape index (κ2) is 7.04. The molecule has 1 aromatic heterocycles. The summed E-state index contributed by atoms with van der Waals surface area (Å²) in [4.78, 5) is 15.0. The predicted molar refractivity (Wildman–Crippen MR) is 85.0 cm³/mol. The molecule has 0 bridgehead atoms. The molecule has 1 atom stereocenters. The number of amides is 1. The zero-order chi connectivity index (χ0) is 15.4. The third-order valence-electron chi connectivity index (χ3n) is 2.87. The van der Waals surface area contributed by atoms with Crippen LogP contribution in [0.25, 0.3) is 0 Å². The number of hydrogen-bond donors (Lipinski definition) is 0. The van der Waals surface area contributed by atoms with Crippen molar-refractivity contribution < 1.29 is 13.9 Å². The lowest BCUT2D eigenvalue weighted by Gasteiger charge is -2.21. The van der Waals surface area contributed by atoms with Crippen molar-refractivity contribution in [3.8, 4) is 5.75 Å². The maximum absolute atomic E-state index is 12.8. The highest BCUT2D eigenvalue weighted by Crippen LogP contribution is 2.21. The van der Waals surface area contributed by atoms with Gasteiger partial charge in [-0.3, -0.25) is 4.79 Å². The number of likely N-dealkylation sites (N-methyl/N-ethyl adjacent to an activating group) is 1. The van der Waals surface area contributed by atoms with E-state index < -0.39 is 6.10 Å². The van der Waals surface area contributed by atoms with Gasteiger partial charge in [-0.2, -0.15) is 0 Å². The molecule has 0 aliphatic carbocycles. The molecular weight excluding hydrogens is 357 g/mol. The van der Waals surface area contributed by atoms with E-state index in [-0.39, 0.29) is 11.7 Å². The van der Waals surface area contributed by atoms with Crippen LogP contribution < -0.4 is 4.74 Å². The van der Waals surface area contributed by atoms with E-state index in [9.17, 15) is 9.18 Å². The Bertz CT molecular complexity index is 614. The molecule has 2 aromatic rings. The fourth-order valence-electron chi connectivity index (χ4n) is 1.83. The van der Waals surface area contributed by atoms with E-state index in [1.807, 2.05) is 11.4 Å². The van der Waals surface area contributed by atoms with E-state index in [2.05, 4.69) is 15.9 Å². The summed E-state index contributed by atoms with van der Waals surface area (Å²) >= 11 is 4.98. The van der Waals surface area contributed by atoms with Gasteiger partial charge in [0, 0.05) is 21.8 Å². The van der Waals surface area contributed by atoms with E-state index in [4.69, 9.17) is 4.74 Å². The molecule has 112 valence electrons. The number of thiophene rings is 1. The second-order valence-electron chi connectivity index (χ2n) is 4.64. The molecule has 2 rings (SSSR count). The molecule has 0 N–H and O–H groups in total. The normalized spacial score (nSPS) is 12.0. The third kappa shape index (κ3) is 4.54. The van der Waals surface area contributed by atoms with Crippen LogP contribution in [0, 0.1) is 5.82 Å².